The summed E-state index contributed by atoms with van der Waals surface area (Å²) in [7, 11) is 1.80. The van der Waals surface area contributed by atoms with E-state index in [0.29, 0.717) is 5.69 Å². The molecule has 56 valence electrons. The highest BCUT2D eigenvalue weighted by atomic mass is 79.9. The van der Waals surface area contributed by atoms with Crippen molar-refractivity contribution in [1.29, 1.82) is 0 Å². The molecule has 1 N–H and O–H groups in total. The van der Waals surface area contributed by atoms with Crippen LogP contribution in [0, 0.1) is 6.57 Å². The molecule has 0 spiro atoms. The smallest absolute Gasteiger partial charge is 0.210 e. The van der Waals surface area contributed by atoms with Gasteiger partial charge in [-0.25, -0.2) is 4.85 Å². The van der Waals surface area contributed by atoms with Crippen molar-refractivity contribution in [1.82, 2.24) is 0 Å². The van der Waals surface area contributed by atoms with E-state index in [1.807, 2.05) is 12.1 Å². The van der Waals surface area contributed by atoms with Crippen molar-refractivity contribution in [3.8, 4) is 0 Å². The van der Waals surface area contributed by atoms with Gasteiger partial charge in [-0.1, -0.05) is 15.9 Å². The molecule has 1 rings (SSSR count). The van der Waals surface area contributed by atoms with Gasteiger partial charge in [-0.2, -0.15) is 0 Å². The van der Waals surface area contributed by atoms with Crippen LogP contribution in [0.5, 0.6) is 0 Å². The maximum Gasteiger partial charge on any atom is 0.210 e. The van der Waals surface area contributed by atoms with Crippen molar-refractivity contribution in [2.24, 2.45) is 0 Å². The van der Waals surface area contributed by atoms with Gasteiger partial charge in [0.05, 0.1) is 6.57 Å². The first-order chi connectivity index (χ1) is 5.27. The Balaban J connectivity index is 3.19. The first kappa shape index (κ1) is 8.09. The Bertz CT molecular complexity index is 301. The molecule has 1 aromatic carbocycles. The lowest BCUT2D eigenvalue weighted by atomic mass is 10.3. The largest absolute Gasteiger partial charge is 0.397 e. The molecule has 0 fully saturated rings. The molecule has 2 nitrogen and oxygen atoms in total. The summed E-state index contributed by atoms with van der Waals surface area (Å²) in [5.41, 5.74) is 1.50. The van der Waals surface area contributed by atoms with E-state index in [2.05, 4.69) is 26.1 Å². The van der Waals surface area contributed by atoms with Crippen LogP contribution in [0.2, 0.25) is 0 Å². The van der Waals surface area contributed by atoms with E-state index in [9.17, 15) is 0 Å². The summed E-state index contributed by atoms with van der Waals surface area (Å²) < 4.78 is 0.933. The van der Waals surface area contributed by atoms with Gasteiger partial charge >= 0.3 is 0 Å². The first-order valence-corrected chi connectivity index (χ1v) is 3.92. The second kappa shape index (κ2) is 3.40. The van der Waals surface area contributed by atoms with Crippen molar-refractivity contribution < 1.29 is 0 Å². The van der Waals surface area contributed by atoms with Crippen molar-refractivity contribution >= 4 is 27.3 Å². The van der Waals surface area contributed by atoms with Crippen LogP contribution in [0.15, 0.2) is 22.7 Å². The monoisotopic (exact) mass is 210 g/mol. The Kier molecular flexibility index (Phi) is 2.50. The number of halogens is 1. The number of anilines is 1. The normalized spacial score (nSPS) is 8.82. The van der Waals surface area contributed by atoms with Crippen molar-refractivity contribution in [2.75, 3.05) is 12.4 Å². The van der Waals surface area contributed by atoms with Gasteiger partial charge in [-0.05, 0) is 18.2 Å². The summed E-state index contributed by atoms with van der Waals surface area (Å²) in [6.07, 6.45) is 0. The van der Waals surface area contributed by atoms with E-state index in [-0.39, 0.29) is 0 Å². The zero-order chi connectivity index (χ0) is 8.27. The summed E-state index contributed by atoms with van der Waals surface area (Å²) in [6.45, 7) is 6.85. The minimum Gasteiger partial charge on any atom is -0.397 e. The number of nitrogens with zero attached hydrogens (tertiary/aromatic N) is 1. The minimum absolute atomic E-state index is 0.641. The fourth-order valence-electron chi connectivity index (χ4n) is 0.809. The van der Waals surface area contributed by atoms with Crippen molar-refractivity contribution in [3.63, 3.8) is 0 Å². The summed E-state index contributed by atoms with van der Waals surface area (Å²) in [5.74, 6) is 0. The molecule has 11 heavy (non-hydrogen) atoms. The second-order valence-corrected chi connectivity index (χ2v) is 2.94. The number of hydrogen-bond donors (Lipinski definition) is 1. The van der Waals surface area contributed by atoms with E-state index in [4.69, 9.17) is 6.57 Å². The third-order valence-electron chi connectivity index (χ3n) is 1.35. The van der Waals surface area contributed by atoms with Gasteiger partial charge < -0.3 is 5.32 Å². The Morgan fingerprint density at radius 1 is 1.55 bits per heavy atom. The Labute approximate surface area is 74.2 Å². The van der Waals surface area contributed by atoms with Gasteiger partial charge in [0.1, 0.15) is 0 Å². The van der Waals surface area contributed by atoms with Crippen LogP contribution in [-0.2, 0) is 0 Å². The van der Waals surface area contributed by atoms with Gasteiger partial charge in [0.2, 0.25) is 5.69 Å². The third-order valence-corrected chi connectivity index (χ3v) is 1.84. The van der Waals surface area contributed by atoms with Crippen LogP contribution in [0.4, 0.5) is 11.4 Å². The van der Waals surface area contributed by atoms with Crippen LogP contribution < -0.4 is 5.32 Å². The molecule has 0 saturated carbocycles. The molecule has 0 amide bonds. The van der Waals surface area contributed by atoms with Gasteiger partial charge in [0.25, 0.3) is 0 Å². The molecule has 0 bridgehead atoms. The second-order valence-electron chi connectivity index (χ2n) is 2.02. The van der Waals surface area contributed by atoms with Crippen molar-refractivity contribution in [2.45, 2.75) is 0 Å². The van der Waals surface area contributed by atoms with Gasteiger partial charge in [0.15, 0.2) is 0 Å². The van der Waals surface area contributed by atoms with Crippen LogP contribution >= 0.6 is 15.9 Å². The maximum atomic E-state index is 6.85. The van der Waals surface area contributed by atoms with Crippen LogP contribution in [0.3, 0.4) is 0 Å². The molecule has 0 unspecified atom stereocenters. The predicted octanol–water partition coefficient (Wildman–Crippen LogP) is 3.04. The van der Waals surface area contributed by atoms with Gasteiger partial charge in [-0.15, -0.1) is 0 Å². The third kappa shape index (κ3) is 1.72. The summed E-state index contributed by atoms with van der Waals surface area (Å²) >= 11 is 3.30. The average Bonchev–Trinajstić information content (AvgIpc) is 2.04. The highest BCUT2D eigenvalue weighted by Crippen LogP contribution is 2.27. The number of rotatable bonds is 1. The molecule has 0 aliphatic carbocycles. The molecular weight excluding hydrogens is 204 g/mol. The molecule has 0 saturated heterocycles. The lowest BCUT2D eigenvalue weighted by Gasteiger charge is -2.01. The van der Waals surface area contributed by atoms with Crippen LogP contribution in [0.25, 0.3) is 4.85 Å². The van der Waals surface area contributed by atoms with E-state index in [1.165, 1.54) is 0 Å². The Morgan fingerprint density at radius 2 is 2.27 bits per heavy atom. The Hall–Kier alpha value is -1.01. The topological polar surface area (TPSA) is 16.4 Å². The summed E-state index contributed by atoms with van der Waals surface area (Å²) in [4.78, 5) is 3.36. The number of hydrogen-bond acceptors (Lipinski definition) is 1. The standard InChI is InChI=1S/C8H7BrN2/c1-10-7-4-3-6(9)5-8(7)11-2/h3-5,10H,1H3. The molecule has 0 aromatic heterocycles. The van der Waals surface area contributed by atoms with Crippen molar-refractivity contribution in [3.05, 3.63) is 34.1 Å². The number of benzene rings is 1. The van der Waals surface area contributed by atoms with E-state index in [1.54, 1.807) is 13.1 Å². The minimum atomic E-state index is 0.641. The zero-order valence-corrected chi connectivity index (χ0v) is 7.64. The lowest BCUT2D eigenvalue weighted by Crippen LogP contribution is -1.86. The summed E-state index contributed by atoms with van der Waals surface area (Å²) in [6, 6.07) is 5.57. The fraction of sp³-hybridized carbons (Fsp3) is 0.125. The van der Waals surface area contributed by atoms with E-state index >= 15 is 0 Å². The zero-order valence-electron chi connectivity index (χ0n) is 6.06. The molecular formula is C8H7BrN2. The fourth-order valence-corrected chi connectivity index (χ4v) is 1.16. The SMILES string of the molecule is [C-]#[N+]c1cc(Br)ccc1NC. The lowest BCUT2D eigenvalue weighted by molar-refractivity contribution is 1.51. The first-order valence-electron chi connectivity index (χ1n) is 3.12. The van der Waals surface area contributed by atoms with Crippen LogP contribution in [0.1, 0.15) is 0 Å². The van der Waals surface area contributed by atoms with Gasteiger partial charge in [-0.3, -0.25) is 0 Å². The van der Waals surface area contributed by atoms with E-state index < -0.39 is 0 Å². The average molecular weight is 211 g/mol. The summed E-state index contributed by atoms with van der Waals surface area (Å²) in [5, 5.41) is 2.94. The predicted molar refractivity (Wildman–Crippen MR) is 50.0 cm³/mol. The quantitative estimate of drug-likeness (QED) is 0.706. The molecule has 0 heterocycles. The molecule has 0 atom stereocenters. The molecule has 1 aromatic rings. The molecule has 0 radical (unpaired) electrons. The molecule has 3 heteroatoms. The van der Waals surface area contributed by atoms with E-state index in [0.717, 1.165) is 10.2 Å². The molecule has 0 aliphatic heterocycles. The van der Waals surface area contributed by atoms with Gasteiger partial charge in [0, 0.05) is 17.2 Å². The maximum absolute atomic E-state index is 6.85. The molecule has 0 aliphatic rings. The highest BCUT2D eigenvalue weighted by Gasteiger charge is 1.98. The number of nitrogens with one attached hydrogen (secondary N) is 1. The Morgan fingerprint density at radius 3 is 2.82 bits per heavy atom. The van der Waals surface area contributed by atoms with Crippen LogP contribution in [-0.4, -0.2) is 7.05 Å². The highest BCUT2D eigenvalue weighted by molar-refractivity contribution is 9.10.